The molecule has 0 spiro atoms. The van der Waals surface area contributed by atoms with Crippen molar-refractivity contribution in [2.24, 2.45) is 5.92 Å². The van der Waals surface area contributed by atoms with E-state index in [1.54, 1.807) is 12.1 Å². The Morgan fingerprint density at radius 1 is 1.55 bits per heavy atom. The van der Waals surface area contributed by atoms with Crippen LogP contribution < -0.4 is 4.90 Å². The third-order valence-corrected chi connectivity index (χ3v) is 3.72. The van der Waals surface area contributed by atoms with E-state index in [2.05, 4.69) is 25.7 Å². The Morgan fingerprint density at radius 2 is 2.35 bits per heavy atom. The maximum atomic E-state index is 12.0. The minimum atomic E-state index is -0.464. The van der Waals surface area contributed by atoms with Crippen LogP contribution in [0.4, 0.5) is 6.01 Å². The van der Waals surface area contributed by atoms with Crippen LogP contribution in [0.25, 0.3) is 11.1 Å². The Bertz CT molecular complexity index is 697. The number of hydrogen-bond donors (Lipinski definition) is 0. The molecule has 1 aromatic carbocycles. The van der Waals surface area contributed by atoms with Crippen molar-refractivity contribution in [1.82, 2.24) is 4.98 Å². The molecule has 0 N–H and O–H groups in total. The number of ether oxygens (including phenoxy) is 1. The lowest BCUT2D eigenvalue weighted by Crippen LogP contribution is -2.26. The third-order valence-electron chi connectivity index (χ3n) is 3.23. The van der Waals surface area contributed by atoms with Crippen LogP contribution in [0, 0.1) is 5.92 Å². The predicted octanol–water partition coefficient (Wildman–Crippen LogP) is 2.12. The van der Waals surface area contributed by atoms with Crippen LogP contribution in [-0.2, 0) is 14.3 Å². The molecule has 1 fully saturated rings. The molecule has 3 rings (SSSR count). The highest BCUT2D eigenvalue weighted by atomic mass is 79.9. The second-order valence-electron chi connectivity index (χ2n) is 4.54. The number of carbonyl (C=O) groups excluding carboxylic acids is 2. The van der Waals surface area contributed by atoms with Gasteiger partial charge in [-0.05, 0) is 18.2 Å². The van der Waals surface area contributed by atoms with Gasteiger partial charge in [0.15, 0.2) is 5.58 Å². The number of aromatic nitrogens is 1. The molecule has 1 unspecified atom stereocenters. The molecule has 7 heteroatoms. The average molecular weight is 339 g/mol. The van der Waals surface area contributed by atoms with Gasteiger partial charge in [-0.3, -0.25) is 14.5 Å². The zero-order chi connectivity index (χ0) is 14.3. The first-order valence-electron chi connectivity index (χ1n) is 6.03. The highest BCUT2D eigenvalue weighted by molar-refractivity contribution is 9.10. The first-order chi connectivity index (χ1) is 9.58. The molecule has 0 aliphatic carbocycles. The molecule has 2 aromatic rings. The minimum Gasteiger partial charge on any atom is -0.469 e. The Morgan fingerprint density at radius 3 is 3.10 bits per heavy atom. The molecule has 0 radical (unpaired) electrons. The van der Waals surface area contributed by atoms with E-state index < -0.39 is 5.92 Å². The second kappa shape index (κ2) is 4.90. The van der Waals surface area contributed by atoms with E-state index in [1.807, 2.05) is 6.07 Å². The monoisotopic (exact) mass is 338 g/mol. The molecule has 2 heterocycles. The fourth-order valence-electron chi connectivity index (χ4n) is 2.22. The van der Waals surface area contributed by atoms with Gasteiger partial charge >= 0.3 is 12.0 Å². The number of halogens is 1. The number of hydrogen-bond acceptors (Lipinski definition) is 5. The van der Waals surface area contributed by atoms with E-state index in [-0.39, 0.29) is 30.9 Å². The number of nitrogens with zero attached hydrogens (tertiary/aromatic N) is 2. The molecule has 1 aromatic heterocycles. The van der Waals surface area contributed by atoms with Gasteiger partial charge in [0.05, 0.1) is 13.0 Å². The summed E-state index contributed by atoms with van der Waals surface area (Å²) in [7, 11) is 1.31. The van der Waals surface area contributed by atoms with Crippen molar-refractivity contribution in [2.75, 3.05) is 18.6 Å². The Kier molecular flexibility index (Phi) is 3.21. The first kappa shape index (κ1) is 13.1. The SMILES string of the molecule is COC(=O)C1CC(=O)N(c2nc3ccc(Br)cc3o2)C1. The molecular formula is C13H11BrN2O4. The van der Waals surface area contributed by atoms with E-state index >= 15 is 0 Å². The number of esters is 1. The van der Waals surface area contributed by atoms with E-state index in [0.29, 0.717) is 11.1 Å². The first-order valence-corrected chi connectivity index (χ1v) is 6.82. The van der Waals surface area contributed by atoms with Gasteiger partial charge in [-0.15, -0.1) is 0 Å². The smallest absolute Gasteiger partial charge is 0.311 e. The average Bonchev–Trinajstić information content (AvgIpc) is 3.00. The Balaban J connectivity index is 1.91. The van der Waals surface area contributed by atoms with Crippen LogP contribution in [0.5, 0.6) is 0 Å². The van der Waals surface area contributed by atoms with Crippen molar-refractivity contribution < 1.29 is 18.7 Å². The predicted molar refractivity (Wildman–Crippen MR) is 74.2 cm³/mol. The van der Waals surface area contributed by atoms with Crippen LogP contribution >= 0.6 is 15.9 Å². The topological polar surface area (TPSA) is 72.6 Å². The van der Waals surface area contributed by atoms with Crippen LogP contribution in [0.1, 0.15) is 6.42 Å². The molecule has 1 saturated heterocycles. The molecule has 0 saturated carbocycles. The quantitative estimate of drug-likeness (QED) is 0.784. The fourth-order valence-corrected chi connectivity index (χ4v) is 2.56. The lowest BCUT2D eigenvalue weighted by Gasteiger charge is -2.10. The molecule has 0 bridgehead atoms. The maximum Gasteiger partial charge on any atom is 0.311 e. The van der Waals surface area contributed by atoms with Crippen LogP contribution in [0.3, 0.4) is 0 Å². The Labute approximate surface area is 122 Å². The van der Waals surface area contributed by atoms with Crippen molar-refractivity contribution in [3.8, 4) is 0 Å². The van der Waals surface area contributed by atoms with Crippen molar-refractivity contribution in [1.29, 1.82) is 0 Å². The van der Waals surface area contributed by atoms with Gasteiger partial charge in [0.2, 0.25) is 5.91 Å². The van der Waals surface area contributed by atoms with Crippen molar-refractivity contribution in [2.45, 2.75) is 6.42 Å². The van der Waals surface area contributed by atoms with Gasteiger partial charge in [0.25, 0.3) is 0 Å². The molecule has 1 aliphatic rings. The zero-order valence-electron chi connectivity index (χ0n) is 10.6. The van der Waals surface area contributed by atoms with Crippen molar-refractivity contribution in [3.05, 3.63) is 22.7 Å². The number of amides is 1. The molecule has 1 atom stereocenters. The van der Waals surface area contributed by atoms with Crippen molar-refractivity contribution >= 4 is 44.9 Å². The van der Waals surface area contributed by atoms with E-state index in [4.69, 9.17) is 4.42 Å². The number of rotatable bonds is 2. The zero-order valence-corrected chi connectivity index (χ0v) is 12.2. The third kappa shape index (κ3) is 2.18. The number of fused-ring (bicyclic) bond motifs is 1. The number of anilines is 1. The molecular weight excluding hydrogens is 328 g/mol. The van der Waals surface area contributed by atoms with E-state index in [9.17, 15) is 9.59 Å². The lowest BCUT2D eigenvalue weighted by atomic mass is 10.1. The number of oxazole rings is 1. The number of carbonyl (C=O) groups is 2. The van der Waals surface area contributed by atoms with Gasteiger partial charge in [-0.25, -0.2) is 0 Å². The summed E-state index contributed by atoms with van der Waals surface area (Å²) in [5.74, 6) is -1.04. The summed E-state index contributed by atoms with van der Waals surface area (Å²) in [6.45, 7) is 0.236. The van der Waals surface area contributed by atoms with E-state index in [0.717, 1.165) is 4.47 Å². The molecule has 104 valence electrons. The van der Waals surface area contributed by atoms with Gasteiger partial charge in [-0.1, -0.05) is 15.9 Å². The number of methoxy groups -OCH3 is 1. The van der Waals surface area contributed by atoms with Gasteiger partial charge in [0.1, 0.15) is 5.52 Å². The normalized spacial score (nSPS) is 18.8. The van der Waals surface area contributed by atoms with Crippen LogP contribution in [0.2, 0.25) is 0 Å². The maximum absolute atomic E-state index is 12.0. The van der Waals surface area contributed by atoms with E-state index in [1.165, 1.54) is 12.0 Å². The fraction of sp³-hybridized carbons (Fsp3) is 0.308. The summed E-state index contributed by atoms with van der Waals surface area (Å²) in [5, 5.41) is 0. The standard InChI is InChI=1S/C13H11BrN2O4/c1-19-12(18)7-4-11(17)16(6-7)13-15-9-3-2-8(14)5-10(9)20-13/h2-3,5,7H,4,6H2,1H3. The van der Waals surface area contributed by atoms with Gasteiger partial charge in [0, 0.05) is 17.4 Å². The summed E-state index contributed by atoms with van der Waals surface area (Å²) >= 11 is 3.35. The molecule has 6 nitrogen and oxygen atoms in total. The number of benzene rings is 1. The van der Waals surface area contributed by atoms with Gasteiger partial charge < -0.3 is 9.15 Å². The van der Waals surface area contributed by atoms with Crippen molar-refractivity contribution in [3.63, 3.8) is 0 Å². The lowest BCUT2D eigenvalue weighted by molar-refractivity contribution is -0.145. The summed E-state index contributed by atoms with van der Waals surface area (Å²) in [5.41, 5.74) is 1.25. The minimum absolute atomic E-state index is 0.120. The molecule has 1 aliphatic heterocycles. The highest BCUT2D eigenvalue weighted by Gasteiger charge is 2.38. The summed E-state index contributed by atoms with van der Waals surface area (Å²) < 4.78 is 11.1. The summed E-state index contributed by atoms with van der Waals surface area (Å²) in [6.07, 6.45) is 0.120. The van der Waals surface area contributed by atoms with Crippen LogP contribution in [0.15, 0.2) is 27.1 Å². The van der Waals surface area contributed by atoms with Crippen LogP contribution in [-0.4, -0.2) is 30.5 Å². The summed E-state index contributed by atoms with van der Waals surface area (Å²) in [6, 6.07) is 5.64. The van der Waals surface area contributed by atoms with Gasteiger partial charge in [-0.2, -0.15) is 4.98 Å². The highest BCUT2D eigenvalue weighted by Crippen LogP contribution is 2.29. The molecule has 20 heavy (non-hydrogen) atoms. The molecule has 1 amide bonds. The second-order valence-corrected chi connectivity index (χ2v) is 5.45. The largest absolute Gasteiger partial charge is 0.469 e. The summed E-state index contributed by atoms with van der Waals surface area (Å²) in [4.78, 5) is 29.1. The Hall–Kier alpha value is -1.89.